The molecule has 0 aliphatic heterocycles. The molecule has 2 aliphatic carbocycles. The monoisotopic (exact) mass is 337 g/mol. The number of aliphatic hydroxyl groups excluding tert-OH is 1. The molecule has 2 fully saturated rings. The first-order valence-corrected chi connectivity index (χ1v) is 10.2. The molecule has 0 heterocycles. The number of aliphatic hydroxyl groups is 1. The fourth-order valence-corrected chi connectivity index (χ4v) is 5.71. The number of hydrogen-bond acceptors (Lipinski definition) is 3. The highest BCUT2D eigenvalue weighted by molar-refractivity contribution is 7.89. The van der Waals surface area contributed by atoms with Crippen molar-refractivity contribution >= 4 is 10.0 Å². The van der Waals surface area contributed by atoms with Crippen LogP contribution in [0.2, 0.25) is 0 Å². The van der Waals surface area contributed by atoms with E-state index in [0.29, 0.717) is 4.90 Å². The lowest BCUT2D eigenvalue weighted by molar-refractivity contribution is -0.0532. The molecule has 0 bridgehead atoms. The summed E-state index contributed by atoms with van der Waals surface area (Å²) in [6, 6.07) is 6.80. The second-order valence-corrected chi connectivity index (χ2v) is 8.94. The van der Waals surface area contributed by atoms with Crippen molar-refractivity contribution in [2.24, 2.45) is 5.41 Å². The average Bonchev–Trinajstić information content (AvgIpc) is 2.52. The number of sulfonamides is 1. The maximum Gasteiger partial charge on any atom is 0.240 e. The van der Waals surface area contributed by atoms with E-state index in [9.17, 15) is 13.5 Å². The minimum Gasteiger partial charge on any atom is -0.392 e. The number of rotatable bonds is 3. The van der Waals surface area contributed by atoms with Crippen LogP contribution in [0.25, 0.3) is 0 Å². The van der Waals surface area contributed by atoms with Gasteiger partial charge in [0.1, 0.15) is 0 Å². The highest BCUT2D eigenvalue weighted by Crippen LogP contribution is 2.48. The summed E-state index contributed by atoms with van der Waals surface area (Å²) in [6.07, 6.45) is 7.31. The van der Waals surface area contributed by atoms with Crippen LogP contribution < -0.4 is 4.72 Å². The lowest BCUT2D eigenvalue weighted by atomic mass is 9.61. The van der Waals surface area contributed by atoms with E-state index in [2.05, 4.69) is 4.72 Å². The summed E-state index contributed by atoms with van der Waals surface area (Å²) in [5, 5.41) is 10.6. The van der Waals surface area contributed by atoms with E-state index in [1.165, 1.54) is 0 Å². The van der Waals surface area contributed by atoms with Gasteiger partial charge in [-0.15, -0.1) is 0 Å². The molecule has 128 valence electrons. The Kier molecular flexibility index (Phi) is 4.81. The standard InChI is InChI=1S/C18H27NO3S/c1-14-8-10-15(11-9-14)23(21,22)19-16-6-2-4-12-18(16)13-5-3-7-17(18)20/h8-11,16-17,19-20H,2-7,12-13H2,1H3/t16-,17+,18-/m0/s1. The van der Waals surface area contributed by atoms with Crippen LogP contribution in [-0.4, -0.2) is 25.7 Å². The van der Waals surface area contributed by atoms with E-state index in [1.807, 2.05) is 19.1 Å². The zero-order valence-corrected chi connectivity index (χ0v) is 14.6. The van der Waals surface area contributed by atoms with Gasteiger partial charge in [0.05, 0.1) is 11.0 Å². The number of nitrogens with one attached hydrogen (secondary N) is 1. The van der Waals surface area contributed by atoms with E-state index in [-0.39, 0.29) is 17.6 Å². The van der Waals surface area contributed by atoms with Gasteiger partial charge >= 0.3 is 0 Å². The van der Waals surface area contributed by atoms with Crippen molar-refractivity contribution in [2.75, 3.05) is 0 Å². The van der Waals surface area contributed by atoms with Crippen molar-refractivity contribution < 1.29 is 13.5 Å². The van der Waals surface area contributed by atoms with Gasteiger partial charge in [-0.2, -0.15) is 0 Å². The summed E-state index contributed by atoms with van der Waals surface area (Å²) < 4.78 is 28.4. The molecule has 3 atom stereocenters. The largest absolute Gasteiger partial charge is 0.392 e. The SMILES string of the molecule is Cc1ccc(S(=O)(=O)N[C@H]2CCCC[C@]23CCCC[C@H]3O)cc1. The molecule has 0 radical (unpaired) electrons. The Labute approximate surface area is 139 Å². The van der Waals surface area contributed by atoms with Crippen molar-refractivity contribution in [3.63, 3.8) is 0 Å². The van der Waals surface area contributed by atoms with Crippen molar-refractivity contribution in [3.8, 4) is 0 Å². The van der Waals surface area contributed by atoms with Gasteiger partial charge < -0.3 is 5.11 Å². The second kappa shape index (κ2) is 6.54. The Morgan fingerprint density at radius 3 is 2.30 bits per heavy atom. The van der Waals surface area contributed by atoms with Crippen molar-refractivity contribution in [1.29, 1.82) is 0 Å². The summed E-state index contributed by atoms with van der Waals surface area (Å²) in [5.41, 5.74) is 0.773. The first kappa shape index (κ1) is 16.9. The predicted molar refractivity (Wildman–Crippen MR) is 90.7 cm³/mol. The van der Waals surface area contributed by atoms with Gasteiger partial charge in [-0.25, -0.2) is 13.1 Å². The Bertz CT molecular complexity index is 635. The molecule has 1 aromatic carbocycles. The van der Waals surface area contributed by atoms with Crippen LogP contribution >= 0.6 is 0 Å². The smallest absolute Gasteiger partial charge is 0.240 e. The summed E-state index contributed by atoms with van der Waals surface area (Å²) in [7, 11) is -3.54. The van der Waals surface area contributed by atoms with Gasteiger partial charge in [0.25, 0.3) is 0 Å². The average molecular weight is 337 g/mol. The first-order valence-electron chi connectivity index (χ1n) is 8.71. The number of benzene rings is 1. The lowest BCUT2D eigenvalue weighted by Crippen LogP contribution is -2.56. The summed E-state index contributed by atoms with van der Waals surface area (Å²) in [4.78, 5) is 0.314. The normalized spacial score (nSPS) is 32.1. The Balaban J connectivity index is 1.85. The molecule has 0 unspecified atom stereocenters. The molecule has 1 spiro atoms. The van der Waals surface area contributed by atoms with Gasteiger partial charge in [0.15, 0.2) is 0 Å². The molecule has 23 heavy (non-hydrogen) atoms. The van der Waals surface area contributed by atoms with Crippen LogP contribution in [0.1, 0.15) is 56.9 Å². The highest BCUT2D eigenvalue weighted by Gasteiger charge is 2.48. The van der Waals surface area contributed by atoms with E-state index in [1.54, 1.807) is 12.1 Å². The molecule has 2 N–H and O–H groups in total. The molecule has 5 heteroatoms. The first-order chi connectivity index (χ1) is 10.9. The molecule has 0 aromatic heterocycles. The molecule has 0 amide bonds. The van der Waals surface area contributed by atoms with E-state index in [4.69, 9.17) is 0 Å². The minimum atomic E-state index is -3.54. The summed E-state index contributed by atoms with van der Waals surface area (Å²) in [6.45, 7) is 1.94. The molecule has 2 aliphatic rings. The minimum absolute atomic E-state index is 0.155. The molecular formula is C18H27NO3S. The lowest BCUT2D eigenvalue weighted by Gasteiger charge is -2.49. The van der Waals surface area contributed by atoms with E-state index >= 15 is 0 Å². The van der Waals surface area contributed by atoms with Crippen molar-refractivity contribution in [3.05, 3.63) is 29.8 Å². The summed E-state index contributed by atoms with van der Waals surface area (Å²) in [5.74, 6) is 0. The molecule has 3 rings (SSSR count). The maximum atomic E-state index is 12.8. The van der Waals surface area contributed by atoms with E-state index < -0.39 is 10.0 Å². The highest BCUT2D eigenvalue weighted by atomic mass is 32.2. The number of hydrogen-bond donors (Lipinski definition) is 2. The van der Waals surface area contributed by atoms with E-state index in [0.717, 1.165) is 56.9 Å². The predicted octanol–water partition coefficient (Wildman–Crippen LogP) is 3.14. The van der Waals surface area contributed by atoms with Gasteiger partial charge in [-0.1, -0.05) is 43.4 Å². The fourth-order valence-electron chi connectivity index (χ4n) is 4.36. The molecule has 0 saturated heterocycles. The topological polar surface area (TPSA) is 66.4 Å². The van der Waals surface area contributed by atoms with Crippen LogP contribution in [0.15, 0.2) is 29.2 Å². The van der Waals surface area contributed by atoms with Crippen LogP contribution in [0.4, 0.5) is 0 Å². The van der Waals surface area contributed by atoms with Crippen molar-refractivity contribution in [1.82, 2.24) is 4.72 Å². The van der Waals surface area contributed by atoms with Crippen LogP contribution in [0.5, 0.6) is 0 Å². The Hall–Kier alpha value is -0.910. The van der Waals surface area contributed by atoms with Crippen LogP contribution in [0.3, 0.4) is 0 Å². The maximum absolute atomic E-state index is 12.8. The summed E-state index contributed by atoms with van der Waals surface area (Å²) >= 11 is 0. The third kappa shape index (κ3) is 3.32. The third-order valence-corrected chi connectivity index (χ3v) is 7.23. The van der Waals surface area contributed by atoms with Gasteiger partial charge in [-0.3, -0.25) is 0 Å². The quantitative estimate of drug-likeness (QED) is 0.890. The fraction of sp³-hybridized carbons (Fsp3) is 0.667. The third-order valence-electron chi connectivity index (χ3n) is 5.74. The van der Waals surface area contributed by atoms with Crippen LogP contribution in [0, 0.1) is 12.3 Å². The molecule has 2 saturated carbocycles. The zero-order chi connectivity index (χ0) is 16.5. The molecule has 1 aromatic rings. The van der Waals surface area contributed by atoms with Gasteiger partial charge in [0, 0.05) is 11.5 Å². The second-order valence-electron chi connectivity index (χ2n) is 7.23. The van der Waals surface area contributed by atoms with Gasteiger partial charge in [-0.05, 0) is 44.7 Å². The zero-order valence-electron chi connectivity index (χ0n) is 13.8. The van der Waals surface area contributed by atoms with Crippen LogP contribution in [-0.2, 0) is 10.0 Å². The Morgan fingerprint density at radius 2 is 1.65 bits per heavy atom. The van der Waals surface area contributed by atoms with Crippen molar-refractivity contribution in [2.45, 2.75) is 75.3 Å². The van der Waals surface area contributed by atoms with Gasteiger partial charge in [0.2, 0.25) is 10.0 Å². The number of aryl methyl sites for hydroxylation is 1. The molecular weight excluding hydrogens is 310 g/mol. The Morgan fingerprint density at radius 1 is 1.04 bits per heavy atom. The molecule has 4 nitrogen and oxygen atoms in total.